The number of amides is 1. The first-order valence-electron chi connectivity index (χ1n) is 6.89. The number of hydrogen-bond donors (Lipinski definition) is 2. The number of carbonyl (C=O) groups is 1. The predicted octanol–water partition coefficient (Wildman–Crippen LogP) is 2.73. The van der Waals surface area contributed by atoms with E-state index in [-0.39, 0.29) is 5.91 Å². The first-order chi connectivity index (χ1) is 9.67. The zero-order valence-corrected chi connectivity index (χ0v) is 12.3. The number of hydrogen-bond acceptors (Lipinski definition) is 4. The van der Waals surface area contributed by atoms with Crippen LogP contribution in [-0.4, -0.2) is 11.9 Å². The molecule has 0 radical (unpaired) electrons. The van der Waals surface area contributed by atoms with Crippen molar-refractivity contribution in [2.45, 2.75) is 44.6 Å². The molecule has 1 aromatic rings. The third-order valence-corrected chi connectivity index (χ3v) is 4.73. The number of anilines is 1. The van der Waals surface area contributed by atoms with Crippen LogP contribution in [0, 0.1) is 11.3 Å². The van der Waals surface area contributed by atoms with Crippen molar-refractivity contribution in [3.63, 3.8) is 0 Å². The number of nitrogens with two attached hydrogens (primary N) is 1. The van der Waals surface area contributed by atoms with Gasteiger partial charge in [-0.1, -0.05) is 12.5 Å². The Morgan fingerprint density at radius 3 is 2.95 bits per heavy atom. The summed E-state index contributed by atoms with van der Waals surface area (Å²) in [5.74, 6) is -0.252. The molecule has 1 atom stereocenters. The van der Waals surface area contributed by atoms with Gasteiger partial charge in [-0.25, -0.2) is 0 Å². The predicted molar refractivity (Wildman–Crippen MR) is 81.7 cm³/mol. The summed E-state index contributed by atoms with van der Waals surface area (Å²) in [6, 6.07) is 1.63. The Hall–Kier alpha value is -1.64. The molecule has 0 fully saturated rings. The van der Waals surface area contributed by atoms with E-state index in [1.165, 1.54) is 22.6 Å². The van der Waals surface area contributed by atoms with E-state index in [1.54, 1.807) is 6.08 Å². The fraction of sp³-hybridized carbons (Fsp3) is 0.467. The Kier molecular flexibility index (Phi) is 4.94. The Balaban J connectivity index is 2.22. The third-order valence-electron chi connectivity index (χ3n) is 3.53. The summed E-state index contributed by atoms with van der Waals surface area (Å²) in [4.78, 5) is 13.2. The lowest BCUT2D eigenvalue weighted by Gasteiger charge is -2.09. The van der Waals surface area contributed by atoms with Gasteiger partial charge >= 0.3 is 0 Å². The molecular formula is C15H19N3OS. The highest BCUT2D eigenvalue weighted by molar-refractivity contribution is 7.16. The monoisotopic (exact) mass is 289 g/mol. The summed E-state index contributed by atoms with van der Waals surface area (Å²) in [7, 11) is 0. The summed E-state index contributed by atoms with van der Waals surface area (Å²) in [6.07, 6.45) is 7.46. The molecule has 4 nitrogen and oxygen atoms in total. The van der Waals surface area contributed by atoms with Crippen LogP contribution in [0.1, 0.15) is 41.7 Å². The average molecular weight is 289 g/mol. The van der Waals surface area contributed by atoms with Crippen molar-refractivity contribution in [3.8, 4) is 6.07 Å². The molecule has 0 spiro atoms. The van der Waals surface area contributed by atoms with Crippen molar-refractivity contribution in [2.24, 2.45) is 5.73 Å². The molecule has 0 aliphatic heterocycles. The van der Waals surface area contributed by atoms with Crippen LogP contribution >= 0.6 is 11.3 Å². The molecular weight excluding hydrogens is 270 g/mol. The van der Waals surface area contributed by atoms with Gasteiger partial charge in [0, 0.05) is 4.88 Å². The van der Waals surface area contributed by atoms with Crippen LogP contribution in [0.2, 0.25) is 0 Å². The normalized spacial score (nSPS) is 15.6. The van der Waals surface area contributed by atoms with Gasteiger partial charge in [0.15, 0.2) is 0 Å². The number of aryl methyl sites for hydroxylation is 1. The molecule has 0 bridgehead atoms. The number of nitrogens with one attached hydrogen (secondary N) is 1. The first-order valence-corrected chi connectivity index (χ1v) is 7.71. The van der Waals surface area contributed by atoms with Gasteiger partial charge in [0.05, 0.1) is 11.6 Å². The fourth-order valence-electron chi connectivity index (χ4n) is 2.44. The van der Waals surface area contributed by atoms with Gasteiger partial charge in [-0.2, -0.15) is 5.26 Å². The van der Waals surface area contributed by atoms with Crippen LogP contribution in [0.15, 0.2) is 12.7 Å². The zero-order valence-electron chi connectivity index (χ0n) is 11.4. The van der Waals surface area contributed by atoms with Gasteiger partial charge in [0.1, 0.15) is 11.1 Å². The van der Waals surface area contributed by atoms with Crippen LogP contribution in [0.5, 0.6) is 0 Å². The maximum absolute atomic E-state index is 12.0. The van der Waals surface area contributed by atoms with Gasteiger partial charge in [0.25, 0.3) is 0 Å². The number of nitrogens with zero attached hydrogens (tertiary/aromatic N) is 1. The highest BCUT2D eigenvalue weighted by Gasteiger charge is 2.22. The molecule has 2 rings (SSSR count). The summed E-state index contributed by atoms with van der Waals surface area (Å²) in [5.41, 5.74) is 7.51. The molecule has 5 heteroatoms. The largest absolute Gasteiger partial charge is 0.320 e. The summed E-state index contributed by atoms with van der Waals surface area (Å²) in [5, 5.41) is 12.8. The molecule has 106 valence electrons. The minimum atomic E-state index is -0.610. The summed E-state index contributed by atoms with van der Waals surface area (Å²) >= 11 is 1.53. The molecule has 3 N–H and O–H groups in total. The quantitative estimate of drug-likeness (QED) is 0.660. The summed E-state index contributed by atoms with van der Waals surface area (Å²) < 4.78 is 0. The highest BCUT2D eigenvalue weighted by Crippen LogP contribution is 2.36. The molecule has 1 unspecified atom stereocenters. The minimum Gasteiger partial charge on any atom is -0.320 e. The van der Waals surface area contributed by atoms with Gasteiger partial charge in [0.2, 0.25) is 5.91 Å². The molecule has 1 amide bonds. The van der Waals surface area contributed by atoms with Crippen LogP contribution in [0.3, 0.4) is 0 Å². The standard InChI is InChI=1S/C15H19N3OS/c1-2-6-12(17)14(19)18-15-11(9-16)10-7-4-3-5-8-13(10)20-15/h2,12H,1,3-8,17H2,(H,18,19). The van der Waals surface area contributed by atoms with E-state index in [1.807, 2.05) is 0 Å². The van der Waals surface area contributed by atoms with Crippen molar-refractivity contribution in [1.29, 1.82) is 5.26 Å². The lowest BCUT2D eigenvalue weighted by molar-refractivity contribution is -0.117. The highest BCUT2D eigenvalue weighted by atomic mass is 32.1. The van der Waals surface area contributed by atoms with Crippen LogP contribution < -0.4 is 11.1 Å². The molecule has 0 saturated carbocycles. The van der Waals surface area contributed by atoms with E-state index in [0.29, 0.717) is 17.0 Å². The van der Waals surface area contributed by atoms with Gasteiger partial charge in [-0.15, -0.1) is 17.9 Å². The fourth-order valence-corrected chi connectivity index (χ4v) is 3.68. The number of nitriles is 1. The van der Waals surface area contributed by atoms with Crippen LogP contribution in [0.25, 0.3) is 0 Å². The molecule has 1 heterocycles. The van der Waals surface area contributed by atoms with E-state index in [4.69, 9.17) is 5.73 Å². The van der Waals surface area contributed by atoms with Crippen molar-refractivity contribution in [1.82, 2.24) is 0 Å². The van der Waals surface area contributed by atoms with Crippen molar-refractivity contribution < 1.29 is 4.79 Å². The second kappa shape index (κ2) is 6.69. The second-order valence-electron chi connectivity index (χ2n) is 5.00. The van der Waals surface area contributed by atoms with Crippen LogP contribution in [-0.2, 0) is 17.6 Å². The van der Waals surface area contributed by atoms with Crippen molar-refractivity contribution in [2.75, 3.05) is 5.32 Å². The topological polar surface area (TPSA) is 78.9 Å². The Morgan fingerprint density at radius 1 is 1.50 bits per heavy atom. The second-order valence-corrected chi connectivity index (χ2v) is 6.11. The maximum atomic E-state index is 12.0. The SMILES string of the molecule is C=CCC(N)C(=O)Nc1sc2c(c1C#N)CCCCC2. The number of carbonyl (C=O) groups excluding carboxylic acids is 1. The van der Waals surface area contributed by atoms with Gasteiger partial charge in [-0.05, 0) is 37.7 Å². The molecule has 0 saturated heterocycles. The van der Waals surface area contributed by atoms with E-state index >= 15 is 0 Å². The Labute approximate surface area is 123 Å². The Bertz CT molecular complexity index is 556. The molecule has 1 aromatic heterocycles. The van der Waals surface area contributed by atoms with E-state index in [9.17, 15) is 10.1 Å². The third kappa shape index (κ3) is 3.09. The number of fused-ring (bicyclic) bond motifs is 1. The van der Waals surface area contributed by atoms with E-state index < -0.39 is 6.04 Å². The van der Waals surface area contributed by atoms with E-state index in [0.717, 1.165) is 31.2 Å². The number of thiophene rings is 1. The van der Waals surface area contributed by atoms with Crippen molar-refractivity contribution in [3.05, 3.63) is 28.7 Å². The molecule has 1 aliphatic carbocycles. The van der Waals surface area contributed by atoms with Crippen molar-refractivity contribution >= 4 is 22.2 Å². The van der Waals surface area contributed by atoms with Gasteiger partial charge < -0.3 is 11.1 Å². The average Bonchev–Trinajstić information content (AvgIpc) is 2.60. The Morgan fingerprint density at radius 2 is 2.25 bits per heavy atom. The molecule has 20 heavy (non-hydrogen) atoms. The molecule has 1 aliphatic rings. The molecule has 0 aromatic carbocycles. The maximum Gasteiger partial charge on any atom is 0.242 e. The van der Waals surface area contributed by atoms with Gasteiger partial charge in [-0.3, -0.25) is 4.79 Å². The van der Waals surface area contributed by atoms with Crippen LogP contribution in [0.4, 0.5) is 5.00 Å². The van der Waals surface area contributed by atoms with E-state index in [2.05, 4.69) is 18.0 Å². The lowest BCUT2D eigenvalue weighted by atomic mass is 10.1. The smallest absolute Gasteiger partial charge is 0.242 e. The lowest BCUT2D eigenvalue weighted by Crippen LogP contribution is -2.35. The zero-order chi connectivity index (χ0) is 14.5. The minimum absolute atomic E-state index is 0.252. The number of rotatable bonds is 4. The first kappa shape index (κ1) is 14.8. The summed E-state index contributed by atoms with van der Waals surface area (Å²) in [6.45, 7) is 3.58.